The lowest BCUT2D eigenvalue weighted by Gasteiger charge is -2.11. The number of likely N-dealkylation sites (N-methyl/N-ethyl adjacent to an activating group) is 1. The first-order valence-electron chi connectivity index (χ1n) is 8.66. The van der Waals surface area contributed by atoms with Crippen LogP contribution >= 0.6 is 27.5 Å². The van der Waals surface area contributed by atoms with Crippen LogP contribution in [0.4, 0.5) is 5.69 Å². The highest BCUT2D eigenvalue weighted by molar-refractivity contribution is 9.10. The van der Waals surface area contributed by atoms with Gasteiger partial charge in [0.25, 0.3) is 11.8 Å². The third kappa shape index (κ3) is 4.73. The number of carbonyl (C=O) groups excluding carboxylic acids is 2. The van der Waals surface area contributed by atoms with E-state index in [-0.39, 0.29) is 11.6 Å². The summed E-state index contributed by atoms with van der Waals surface area (Å²) in [6, 6.07) is 12.3. The number of fused-ring (bicyclic) bond motifs is 1. The van der Waals surface area contributed by atoms with Crippen molar-refractivity contribution in [1.29, 1.82) is 0 Å². The number of rotatable bonds is 6. The minimum Gasteiger partial charge on any atom is -0.351 e. The Labute approximate surface area is 176 Å². The van der Waals surface area contributed by atoms with Gasteiger partial charge in [-0.3, -0.25) is 9.59 Å². The summed E-state index contributed by atoms with van der Waals surface area (Å²) in [5.41, 5.74) is 1.83. The molecule has 3 aromatic rings. The van der Waals surface area contributed by atoms with Crippen molar-refractivity contribution in [3.8, 4) is 0 Å². The van der Waals surface area contributed by atoms with Crippen LogP contribution in [0.15, 0.2) is 46.9 Å². The molecule has 1 heterocycles. The summed E-state index contributed by atoms with van der Waals surface area (Å²) in [7, 11) is 3.86. The van der Waals surface area contributed by atoms with E-state index >= 15 is 0 Å². The smallest absolute Gasteiger partial charge is 0.272 e. The van der Waals surface area contributed by atoms with Crippen molar-refractivity contribution in [2.45, 2.75) is 0 Å². The van der Waals surface area contributed by atoms with E-state index in [1.165, 1.54) is 0 Å². The number of amides is 2. The quantitative estimate of drug-likeness (QED) is 0.514. The van der Waals surface area contributed by atoms with E-state index in [1.807, 2.05) is 37.2 Å². The number of H-pyrrole nitrogens is 1. The number of anilines is 1. The van der Waals surface area contributed by atoms with Crippen LogP contribution in [0.2, 0.25) is 5.02 Å². The van der Waals surface area contributed by atoms with Gasteiger partial charge in [-0.2, -0.15) is 0 Å². The molecule has 3 rings (SSSR count). The molecule has 0 saturated carbocycles. The topological polar surface area (TPSA) is 77.2 Å². The molecular weight excluding hydrogens is 444 g/mol. The van der Waals surface area contributed by atoms with Gasteiger partial charge < -0.3 is 20.5 Å². The number of aromatic amines is 1. The summed E-state index contributed by atoms with van der Waals surface area (Å²) in [6.07, 6.45) is 0. The molecule has 3 N–H and O–H groups in total. The maximum Gasteiger partial charge on any atom is 0.272 e. The third-order valence-electron chi connectivity index (χ3n) is 4.16. The van der Waals surface area contributed by atoms with Gasteiger partial charge in [-0.15, -0.1) is 0 Å². The Hall–Kier alpha value is -2.35. The van der Waals surface area contributed by atoms with Gasteiger partial charge in [0.2, 0.25) is 0 Å². The maximum absolute atomic E-state index is 12.9. The van der Waals surface area contributed by atoms with Crippen molar-refractivity contribution >= 4 is 55.9 Å². The Balaban J connectivity index is 1.94. The average Bonchev–Trinajstić information content (AvgIpc) is 3.02. The van der Waals surface area contributed by atoms with Gasteiger partial charge in [0.05, 0.1) is 5.56 Å². The molecule has 0 spiro atoms. The zero-order valence-electron chi connectivity index (χ0n) is 15.5. The summed E-state index contributed by atoms with van der Waals surface area (Å²) < 4.78 is 0.852. The van der Waals surface area contributed by atoms with E-state index < -0.39 is 5.91 Å². The number of carbonyl (C=O) groups is 2. The Bertz CT molecular complexity index is 1010. The summed E-state index contributed by atoms with van der Waals surface area (Å²) in [5.74, 6) is -0.691. The van der Waals surface area contributed by atoms with Crippen molar-refractivity contribution in [1.82, 2.24) is 15.2 Å². The van der Waals surface area contributed by atoms with Crippen molar-refractivity contribution in [3.63, 3.8) is 0 Å². The summed E-state index contributed by atoms with van der Waals surface area (Å²) in [5, 5.41) is 6.95. The van der Waals surface area contributed by atoms with Crippen molar-refractivity contribution in [2.75, 3.05) is 32.5 Å². The molecular formula is C20H20BrClN4O2. The first-order chi connectivity index (χ1) is 13.3. The van der Waals surface area contributed by atoms with Gasteiger partial charge >= 0.3 is 0 Å². The van der Waals surface area contributed by atoms with Crippen molar-refractivity contribution in [3.05, 3.63) is 63.2 Å². The van der Waals surface area contributed by atoms with Crippen LogP contribution in [-0.2, 0) is 0 Å². The Morgan fingerprint density at radius 2 is 1.82 bits per heavy atom. The molecule has 0 unspecified atom stereocenters. The van der Waals surface area contributed by atoms with Crippen LogP contribution in [0.25, 0.3) is 10.9 Å². The largest absolute Gasteiger partial charge is 0.351 e. The lowest BCUT2D eigenvalue weighted by Crippen LogP contribution is -2.32. The predicted molar refractivity (Wildman–Crippen MR) is 116 cm³/mol. The SMILES string of the molecule is CN(C)CCNC(=O)c1c(C(=O)Nc2ccc(Cl)cc2)[nH]c2cc(Br)ccc12. The zero-order chi connectivity index (χ0) is 20.3. The average molecular weight is 464 g/mol. The molecule has 8 heteroatoms. The standard InChI is InChI=1S/C20H20BrClN4O2/c1-26(2)10-9-23-19(27)17-15-8-3-12(21)11-16(15)25-18(17)20(28)24-14-6-4-13(22)5-7-14/h3-8,11,25H,9-10H2,1-2H3,(H,23,27)(H,24,28). The van der Waals surface area contributed by atoms with Crippen molar-refractivity contribution < 1.29 is 9.59 Å². The molecule has 0 fully saturated rings. The number of nitrogens with zero attached hydrogens (tertiary/aromatic N) is 1. The van der Waals surface area contributed by atoms with Crippen LogP contribution in [0, 0.1) is 0 Å². The predicted octanol–water partition coefficient (Wildman–Crippen LogP) is 4.13. The van der Waals surface area contributed by atoms with E-state index in [2.05, 4.69) is 31.5 Å². The Morgan fingerprint density at radius 3 is 2.50 bits per heavy atom. The van der Waals surface area contributed by atoms with Crippen LogP contribution in [0.5, 0.6) is 0 Å². The fourth-order valence-electron chi connectivity index (χ4n) is 2.78. The van der Waals surface area contributed by atoms with Gasteiger partial charge in [0.15, 0.2) is 0 Å². The molecule has 0 bridgehead atoms. The van der Waals surface area contributed by atoms with Crippen LogP contribution in [-0.4, -0.2) is 48.9 Å². The fourth-order valence-corrected chi connectivity index (χ4v) is 3.27. The molecule has 0 aliphatic rings. The number of hydrogen-bond donors (Lipinski definition) is 3. The van der Waals surface area contributed by atoms with Gasteiger partial charge in [-0.1, -0.05) is 33.6 Å². The summed E-state index contributed by atoms with van der Waals surface area (Å²) >= 11 is 9.31. The normalized spacial score (nSPS) is 11.0. The number of nitrogens with one attached hydrogen (secondary N) is 3. The highest BCUT2D eigenvalue weighted by atomic mass is 79.9. The van der Waals surface area contributed by atoms with Crippen LogP contribution in [0.3, 0.4) is 0 Å². The number of aromatic nitrogens is 1. The molecule has 146 valence electrons. The molecule has 6 nitrogen and oxygen atoms in total. The molecule has 0 radical (unpaired) electrons. The Morgan fingerprint density at radius 1 is 1.11 bits per heavy atom. The maximum atomic E-state index is 12.9. The second kappa shape index (κ2) is 8.77. The van der Waals surface area contributed by atoms with Crippen LogP contribution in [0.1, 0.15) is 20.8 Å². The van der Waals surface area contributed by atoms with E-state index in [9.17, 15) is 9.59 Å². The highest BCUT2D eigenvalue weighted by Crippen LogP contribution is 2.26. The zero-order valence-corrected chi connectivity index (χ0v) is 17.8. The van der Waals surface area contributed by atoms with E-state index in [4.69, 9.17) is 11.6 Å². The molecule has 0 atom stereocenters. The van der Waals surface area contributed by atoms with Gasteiger partial charge in [0.1, 0.15) is 5.69 Å². The number of benzene rings is 2. The summed E-state index contributed by atoms with van der Waals surface area (Å²) in [6.45, 7) is 1.18. The van der Waals surface area contributed by atoms with Crippen molar-refractivity contribution in [2.24, 2.45) is 0 Å². The molecule has 0 saturated heterocycles. The summed E-state index contributed by atoms with van der Waals surface area (Å²) in [4.78, 5) is 30.8. The minimum absolute atomic E-state index is 0.213. The molecule has 2 amide bonds. The highest BCUT2D eigenvalue weighted by Gasteiger charge is 2.23. The van der Waals surface area contributed by atoms with Gasteiger partial charge in [0, 0.05) is 39.2 Å². The van der Waals surface area contributed by atoms with E-state index in [0.29, 0.717) is 40.3 Å². The molecule has 2 aromatic carbocycles. The molecule has 28 heavy (non-hydrogen) atoms. The van der Waals surface area contributed by atoms with Crippen LogP contribution < -0.4 is 10.6 Å². The second-order valence-corrected chi connectivity index (χ2v) is 7.94. The van der Waals surface area contributed by atoms with E-state index in [1.54, 1.807) is 24.3 Å². The molecule has 0 aliphatic carbocycles. The fraction of sp³-hybridized carbons (Fsp3) is 0.200. The second-order valence-electron chi connectivity index (χ2n) is 6.59. The van der Waals surface area contributed by atoms with E-state index in [0.717, 1.165) is 4.47 Å². The lowest BCUT2D eigenvalue weighted by atomic mass is 10.1. The first-order valence-corrected chi connectivity index (χ1v) is 9.83. The first kappa shape index (κ1) is 20.4. The lowest BCUT2D eigenvalue weighted by molar-refractivity contribution is 0.0939. The molecule has 0 aliphatic heterocycles. The number of halogens is 2. The Kier molecular flexibility index (Phi) is 6.39. The number of hydrogen-bond acceptors (Lipinski definition) is 3. The third-order valence-corrected chi connectivity index (χ3v) is 4.91. The monoisotopic (exact) mass is 462 g/mol. The minimum atomic E-state index is -0.396. The van der Waals surface area contributed by atoms with Gasteiger partial charge in [-0.25, -0.2) is 0 Å². The van der Waals surface area contributed by atoms with Gasteiger partial charge in [-0.05, 0) is 50.5 Å². The molecule has 1 aromatic heterocycles.